The molecule has 6 nitrogen and oxygen atoms in total. The molecule has 1 amide bonds. The van der Waals surface area contributed by atoms with Gasteiger partial charge in [0.1, 0.15) is 11.5 Å². The first-order valence-corrected chi connectivity index (χ1v) is 9.38. The van der Waals surface area contributed by atoms with Gasteiger partial charge in [0, 0.05) is 23.8 Å². The molecular formula is C20H22FN3O3. The van der Waals surface area contributed by atoms with E-state index >= 15 is 0 Å². The number of aromatic nitrogens is 2. The predicted octanol–water partition coefficient (Wildman–Crippen LogP) is 2.83. The Kier molecular flexibility index (Phi) is 4.45. The molecule has 1 aliphatic heterocycles. The molecule has 2 aliphatic rings. The molecular weight excluding hydrogens is 349 g/mol. The van der Waals surface area contributed by atoms with Crippen molar-refractivity contribution in [3.63, 3.8) is 0 Å². The molecule has 2 atom stereocenters. The van der Waals surface area contributed by atoms with Crippen LogP contribution in [0.5, 0.6) is 0 Å². The fourth-order valence-corrected chi connectivity index (χ4v) is 4.33. The third-order valence-corrected chi connectivity index (χ3v) is 5.78. The molecule has 0 bridgehead atoms. The molecule has 4 rings (SSSR count). The number of hydrogen-bond acceptors (Lipinski definition) is 3. The minimum absolute atomic E-state index is 0.248. The van der Waals surface area contributed by atoms with Crippen LogP contribution in [-0.2, 0) is 17.6 Å². The number of amides is 1. The zero-order valence-corrected chi connectivity index (χ0v) is 15.2. The van der Waals surface area contributed by atoms with Crippen molar-refractivity contribution in [2.24, 2.45) is 5.92 Å². The smallest absolute Gasteiger partial charge is 0.308 e. The lowest BCUT2D eigenvalue weighted by Gasteiger charge is -2.37. The number of aliphatic carboxylic acids is 1. The Morgan fingerprint density at radius 1 is 1.22 bits per heavy atom. The van der Waals surface area contributed by atoms with E-state index in [2.05, 4.69) is 5.10 Å². The second-order valence-corrected chi connectivity index (χ2v) is 7.32. The van der Waals surface area contributed by atoms with Crippen LogP contribution in [0.4, 0.5) is 4.39 Å². The maximum atomic E-state index is 14.3. The Labute approximate surface area is 156 Å². The van der Waals surface area contributed by atoms with Crippen molar-refractivity contribution >= 4 is 11.9 Å². The molecule has 0 spiro atoms. The fourth-order valence-electron chi connectivity index (χ4n) is 4.33. The third-order valence-electron chi connectivity index (χ3n) is 5.78. The van der Waals surface area contributed by atoms with E-state index in [0.717, 1.165) is 30.5 Å². The topological polar surface area (TPSA) is 75.4 Å². The van der Waals surface area contributed by atoms with Gasteiger partial charge < -0.3 is 10.0 Å². The Morgan fingerprint density at radius 2 is 2.00 bits per heavy atom. The molecule has 142 valence electrons. The monoisotopic (exact) mass is 371 g/mol. The van der Waals surface area contributed by atoms with Gasteiger partial charge in [-0.05, 0) is 51.2 Å². The maximum absolute atomic E-state index is 14.3. The van der Waals surface area contributed by atoms with Crippen LogP contribution in [0.15, 0.2) is 24.3 Å². The summed E-state index contributed by atoms with van der Waals surface area (Å²) in [6, 6.07) is 6.01. The summed E-state index contributed by atoms with van der Waals surface area (Å²) in [7, 11) is 0. The van der Waals surface area contributed by atoms with Gasteiger partial charge in [0.05, 0.1) is 5.92 Å². The van der Waals surface area contributed by atoms with Gasteiger partial charge in [-0.25, -0.2) is 9.07 Å². The number of rotatable bonds is 3. The zero-order valence-electron chi connectivity index (χ0n) is 15.2. The summed E-state index contributed by atoms with van der Waals surface area (Å²) in [5.41, 5.74) is 2.42. The second-order valence-electron chi connectivity index (χ2n) is 7.32. The molecule has 0 unspecified atom stereocenters. The summed E-state index contributed by atoms with van der Waals surface area (Å²) < 4.78 is 15.8. The van der Waals surface area contributed by atoms with Crippen LogP contribution in [0.1, 0.15) is 47.9 Å². The number of carbonyl (C=O) groups excluding carboxylic acids is 1. The molecule has 2 aromatic rings. The van der Waals surface area contributed by atoms with E-state index in [4.69, 9.17) is 0 Å². The number of likely N-dealkylation sites (tertiary alicyclic amines) is 1. The van der Waals surface area contributed by atoms with Crippen LogP contribution < -0.4 is 0 Å². The first kappa shape index (κ1) is 17.7. The van der Waals surface area contributed by atoms with Crippen LogP contribution >= 0.6 is 0 Å². The Bertz CT molecular complexity index is 908. The number of benzene rings is 1. The number of carboxylic acid groups (broad SMARTS) is 1. The van der Waals surface area contributed by atoms with Crippen molar-refractivity contribution in [3.05, 3.63) is 47.0 Å². The highest BCUT2D eigenvalue weighted by atomic mass is 19.1. The molecule has 7 heteroatoms. The van der Waals surface area contributed by atoms with E-state index in [9.17, 15) is 19.1 Å². The van der Waals surface area contributed by atoms with Crippen LogP contribution in [0.25, 0.3) is 5.69 Å². The number of carbonyl (C=O) groups is 2. The van der Waals surface area contributed by atoms with Crippen molar-refractivity contribution in [2.45, 2.75) is 45.1 Å². The van der Waals surface area contributed by atoms with Gasteiger partial charge in [-0.3, -0.25) is 9.59 Å². The maximum Gasteiger partial charge on any atom is 0.308 e. The average molecular weight is 371 g/mol. The summed E-state index contributed by atoms with van der Waals surface area (Å²) in [6.07, 6.45) is 3.60. The summed E-state index contributed by atoms with van der Waals surface area (Å²) >= 11 is 0. The van der Waals surface area contributed by atoms with Gasteiger partial charge >= 0.3 is 5.97 Å². The van der Waals surface area contributed by atoms with Gasteiger partial charge in [-0.15, -0.1) is 0 Å². The molecule has 1 fully saturated rings. The van der Waals surface area contributed by atoms with E-state index < -0.39 is 11.9 Å². The number of fused-ring (bicyclic) bond motifs is 1. The first-order valence-electron chi connectivity index (χ1n) is 9.38. The normalized spacial score (nSPS) is 21.9. The summed E-state index contributed by atoms with van der Waals surface area (Å²) in [5, 5.41) is 13.9. The fraction of sp³-hybridized carbons (Fsp3) is 0.450. The molecule has 0 radical (unpaired) electrons. The molecule has 1 aromatic carbocycles. The van der Waals surface area contributed by atoms with Crippen molar-refractivity contribution < 1.29 is 19.1 Å². The highest BCUT2D eigenvalue weighted by molar-refractivity contribution is 5.95. The van der Waals surface area contributed by atoms with Crippen LogP contribution in [0, 0.1) is 11.7 Å². The molecule has 1 aromatic heterocycles. The lowest BCUT2D eigenvalue weighted by atomic mass is 9.90. The van der Waals surface area contributed by atoms with Gasteiger partial charge in [0.15, 0.2) is 5.69 Å². The number of halogens is 1. The summed E-state index contributed by atoms with van der Waals surface area (Å²) in [6.45, 7) is 2.30. The molecule has 1 N–H and O–H groups in total. The largest absolute Gasteiger partial charge is 0.481 e. The molecule has 1 aliphatic carbocycles. The lowest BCUT2D eigenvalue weighted by Crippen LogP contribution is -2.49. The number of carboxylic acids is 1. The average Bonchev–Trinajstić information content (AvgIpc) is 3.24. The minimum Gasteiger partial charge on any atom is -0.481 e. The van der Waals surface area contributed by atoms with E-state index in [1.54, 1.807) is 34.7 Å². The van der Waals surface area contributed by atoms with Crippen molar-refractivity contribution in [3.8, 4) is 5.69 Å². The first-order chi connectivity index (χ1) is 13.0. The Morgan fingerprint density at radius 3 is 2.74 bits per heavy atom. The van der Waals surface area contributed by atoms with Crippen LogP contribution in [-0.4, -0.2) is 44.3 Å². The number of piperidine rings is 1. The van der Waals surface area contributed by atoms with Gasteiger partial charge in [0.2, 0.25) is 0 Å². The van der Waals surface area contributed by atoms with Gasteiger partial charge in [0.25, 0.3) is 5.91 Å². The lowest BCUT2D eigenvalue weighted by molar-refractivity contribution is -0.144. The number of para-hydroxylation sites is 1. The van der Waals surface area contributed by atoms with E-state index in [1.165, 1.54) is 6.07 Å². The van der Waals surface area contributed by atoms with Crippen molar-refractivity contribution in [2.75, 3.05) is 6.54 Å². The minimum atomic E-state index is -0.873. The van der Waals surface area contributed by atoms with Crippen LogP contribution in [0.3, 0.4) is 0 Å². The quantitative estimate of drug-likeness (QED) is 0.900. The third kappa shape index (κ3) is 2.91. The Balaban J connectivity index is 1.73. The molecule has 27 heavy (non-hydrogen) atoms. The number of hydrogen-bond donors (Lipinski definition) is 1. The van der Waals surface area contributed by atoms with E-state index in [0.29, 0.717) is 30.8 Å². The Hall–Kier alpha value is -2.70. The van der Waals surface area contributed by atoms with E-state index in [-0.39, 0.29) is 17.8 Å². The van der Waals surface area contributed by atoms with Crippen LogP contribution in [0.2, 0.25) is 0 Å². The van der Waals surface area contributed by atoms with Gasteiger partial charge in [-0.2, -0.15) is 5.10 Å². The SMILES string of the molecule is C[C@@H]1[C@H](C(=O)O)CCCN1C(=O)c1nn(-c2ccccc2F)c2c1CCC2. The second kappa shape index (κ2) is 6.79. The molecule has 0 saturated carbocycles. The summed E-state index contributed by atoms with van der Waals surface area (Å²) in [5.74, 6) is -2.07. The highest BCUT2D eigenvalue weighted by Crippen LogP contribution is 2.31. The summed E-state index contributed by atoms with van der Waals surface area (Å²) in [4.78, 5) is 26.3. The number of nitrogens with zero attached hydrogens (tertiary/aromatic N) is 3. The molecule has 1 saturated heterocycles. The standard InChI is InChI=1S/C20H22FN3O3/c1-12-13(20(26)27)7-5-11-23(12)19(25)18-14-6-4-10-16(14)24(22-18)17-9-3-2-8-15(17)21/h2-3,8-9,12-13H,4-7,10-11H2,1H3,(H,26,27)/t12-,13-/m1/s1. The van der Waals surface area contributed by atoms with E-state index in [1.807, 2.05) is 0 Å². The van der Waals surface area contributed by atoms with Crippen molar-refractivity contribution in [1.29, 1.82) is 0 Å². The molecule has 2 heterocycles. The van der Waals surface area contributed by atoms with Gasteiger partial charge in [-0.1, -0.05) is 12.1 Å². The zero-order chi connectivity index (χ0) is 19.1. The predicted molar refractivity (Wildman–Crippen MR) is 96.4 cm³/mol. The van der Waals surface area contributed by atoms with Crippen molar-refractivity contribution in [1.82, 2.24) is 14.7 Å². The highest BCUT2D eigenvalue weighted by Gasteiger charge is 2.38.